The number of rotatable bonds is 8. The first-order valence-corrected chi connectivity index (χ1v) is 10.8. The Morgan fingerprint density at radius 2 is 1.76 bits per heavy atom. The van der Waals surface area contributed by atoms with E-state index in [1.54, 1.807) is 19.1 Å². The average molecular weight is 411 g/mol. The van der Waals surface area contributed by atoms with Crippen LogP contribution in [-0.4, -0.2) is 33.2 Å². The highest BCUT2D eigenvalue weighted by molar-refractivity contribution is 8.00. The summed E-state index contributed by atoms with van der Waals surface area (Å²) in [5.41, 5.74) is 4.08. The highest BCUT2D eigenvalue weighted by atomic mass is 32.2. The molecule has 6 heteroatoms. The number of benzene rings is 2. The predicted molar refractivity (Wildman–Crippen MR) is 117 cm³/mol. The highest BCUT2D eigenvalue weighted by Crippen LogP contribution is 2.29. The van der Waals surface area contributed by atoms with Crippen molar-refractivity contribution in [2.75, 3.05) is 6.61 Å². The number of ketones is 1. The summed E-state index contributed by atoms with van der Waals surface area (Å²) in [6.45, 7) is 8.89. The van der Waals surface area contributed by atoms with Gasteiger partial charge in [-0.1, -0.05) is 43.0 Å². The molecular formula is C23H26N2O3S. The molecule has 0 aliphatic heterocycles. The third-order valence-corrected chi connectivity index (χ3v) is 5.93. The van der Waals surface area contributed by atoms with E-state index >= 15 is 0 Å². The summed E-state index contributed by atoms with van der Waals surface area (Å²) >= 11 is 1.44. The normalized spacial score (nSPS) is 12.1. The number of aromatic nitrogens is 2. The van der Waals surface area contributed by atoms with Gasteiger partial charge in [-0.05, 0) is 51.0 Å². The van der Waals surface area contributed by atoms with Crippen molar-refractivity contribution in [1.29, 1.82) is 0 Å². The zero-order valence-corrected chi connectivity index (χ0v) is 18.1. The van der Waals surface area contributed by atoms with Crippen molar-refractivity contribution in [2.45, 2.75) is 51.1 Å². The van der Waals surface area contributed by atoms with Crippen LogP contribution in [-0.2, 0) is 17.7 Å². The molecule has 0 bridgehead atoms. The van der Waals surface area contributed by atoms with E-state index in [0.717, 1.165) is 29.2 Å². The van der Waals surface area contributed by atoms with Crippen molar-refractivity contribution in [3.05, 3.63) is 59.2 Å². The van der Waals surface area contributed by atoms with Gasteiger partial charge in [0, 0.05) is 12.1 Å². The molecule has 0 spiro atoms. The molecule has 29 heavy (non-hydrogen) atoms. The molecule has 3 aromatic rings. The van der Waals surface area contributed by atoms with E-state index in [0.29, 0.717) is 17.7 Å². The number of hydrogen-bond acceptors (Lipinski definition) is 5. The Hall–Kier alpha value is -2.60. The van der Waals surface area contributed by atoms with Gasteiger partial charge in [0.1, 0.15) is 0 Å². The van der Waals surface area contributed by atoms with Gasteiger partial charge >= 0.3 is 5.97 Å². The van der Waals surface area contributed by atoms with E-state index in [1.165, 1.54) is 17.3 Å². The summed E-state index contributed by atoms with van der Waals surface area (Å²) in [6.07, 6.45) is 0.951. The largest absolute Gasteiger partial charge is 0.462 e. The monoisotopic (exact) mass is 410 g/mol. The number of imidazole rings is 1. The lowest BCUT2D eigenvalue weighted by Crippen LogP contribution is -2.14. The van der Waals surface area contributed by atoms with Gasteiger partial charge in [0.2, 0.25) is 0 Å². The van der Waals surface area contributed by atoms with Gasteiger partial charge in [-0.15, -0.1) is 0 Å². The molecule has 0 saturated heterocycles. The summed E-state index contributed by atoms with van der Waals surface area (Å²) < 4.78 is 7.15. The molecule has 2 aromatic carbocycles. The molecule has 0 unspecified atom stereocenters. The van der Waals surface area contributed by atoms with E-state index < -0.39 is 0 Å². The Balaban J connectivity index is 1.85. The number of Topliss-reactive ketones (excluding diaryl/α,β-unsaturated/α-hetero) is 1. The number of fused-ring (bicyclic) bond motifs is 1. The molecule has 1 heterocycles. The number of nitrogens with zero attached hydrogens (tertiary/aromatic N) is 2. The van der Waals surface area contributed by atoms with Crippen LogP contribution in [0.5, 0.6) is 0 Å². The zero-order chi connectivity index (χ0) is 21.0. The third kappa shape index (κ3) is 4.53. The van der Waals surface area contributed by atoms with Gasteiger partial charge in [0.25, 0.3) is 0 Å². The number of carbonyl (C=O) groups is 2. The van der Waals surface area contributed by atoms with Crippen LogP contribution in [0.3, 0.4) is 0 Å². The van der Waals surface area contributed by atoms with E-state index in [4.69, 9.17) is 9.72 Å². The maximum absolute atomic E-state index is 12.9. The van der Waals surface area contributed by atoms with Gasteiger partial charge in [0.15, 0.2) is 10.9 Å². The maximum Gasteiger partial charge on any atom is 0.338 e. The van der Waals surface area contributed by atoms with Crippen LogP contribution in [0.1, 0.15) is 54.0 Å². The first kappa shape index (κ1) is 21.1. The van der Waals surface area contributed by atoms with Gasteiger partial charge < -0.3 is 9.30 Å². The summed E-state index contributed by atoms with van der Waals surface area (Å²) in [5, 5.41) is 0.503. The molecule has 0 N–H and O–H groups in total. The molecule has 1 atom stereocenters. The molecule has 0 saturated carbocycles. The molecule has 0 radical (unpaired) electrons. The van der Waals surface area contributed by atoms with E-state index in [2.05, 4.69) is 11.5 Å². The summed E-state index contributed by atoms with van der Waals surface area (Å²) in [5.74, 6) is -0.270. The van der Waals surface area contributed by atoms with E-state index in [9.17, 15) is 9.59 Å². The molecule has 0 aliphatic rings. The van der Waals surface area contributed by atoms with Crippen LogP contribution < -0.4 is 0 Å². The molecule has 0 amide bonds. The number of esters is 1. The topological polar surface area (TPSA) is 61.2 Å². The number of thioether (sulfide) groups is 1. The maximum atomic E-state index is 12.9. The second-order valence-corrected chi connectivity index (χ2v) is 8.05. The molecule has 3 rings (SSSR count). The fourth-order valence-electron chi connectivity index (χ4n) is 3.20. The third-order valence-electron chi connectivity index (χ3n) is 4.84. The zero-order valence-electron chi connectivity index (χ0n) is 17.3. The van der Waals surface area contributed by atoms with Gasteiger partial charge in [-0.3, -0.25) is 4.79 Å². The van der Waals surface area contributed by atoms with Crippen molar-refractivity contribution in [2.24, 2.45) is 0 Å². The number of hydrogen-bond donors (Lipinski definition) is 0. The van der Waals surface area contributed by atoms with Crippen LogP contribution in [0.25, 0.3) is 11.0 Å². The van der Waals surface area contributed by atoms with Crippen molar-refractivity contribution in [3.8, 4) is 0 Å². The van der Waals surface area contributed by atoms with Crippen LogP contribution in [0.15, 0.2) is 47.6 Å². The first-order valence-electron chi connectivity index (χ1n) is 9.95. The summed E-state index contributed by atoms with van der Waals surface area (Å²) in [6, 6.07) is 13.2. The van der Waals surface area contributed by atoms with Crippen LogP contribution in [0.2, 0.25) is 0 Å². The smallest absolute Gasteiger partial charge is 0.338 e. The second kappa shape index (κ2) is 9.27. The van der Waals surface area contributed by atoms with Crippen molar-refractivity contribution in [1.82, 2.24) is 9.55 Å². The molecule has 1 aromatic heterocycles. The minimum Gasteiger partial charge on any atom is -0.462 e. The molecule has 0 fully saturated rings. The Bertz CT molecular complexity index is 1020. The van der Waals surface area contributed by atoms with Crippen LogP contribution >= 0.6 is 11.8 Å². The fraction of sp³-hybridized carbons (Fsp3) is 0.348. The average Bonchev–Trinajstić information content (AvgIpc) is 3.09. The van der Waals surface area contributed by atoms with Crippen LogP contribution in [0.4, 0.5) is 0 Å². The minimum atomic E-state index is -0.353. The van der Waals surface area contributed by atoms with Crippen molar-refractivity contribution >= 4 is 34.5 Å². The van der Waals surface area contributed by atoms with Gasteiger partial charge in [-0.25, -0.2) is 9.78 Å². The molecule has 0 aliphatic carbocycles. The second-order valence-electron chi connectivity index (χ2n) is 6.74. The number of carbonyl (C=O) groups excluding carboxylic acids is 2. The lowest BCUT2D eigenvalue weighted by Gasteiger charge is -2.11. The van der Waals surface area contributed by atoms with Crippen LogP contribution in [0, 0.1) is 0 Å². The Labute approximate surface area is 175 Å². The molecule has 152 valence electrons. The number of ether oxygens (including phenoxy) is 1. The quantitative estimate of drug-likeness (QED) is 0.292. The highest BCUT2D eigenvalue weighted by Gasteiger charge is 2.21. The summed E-state index contributed by atoms with van der Waals surface area (Å²) in [7, 11) is 0. The fourth-order valence-corrected chi connectivity index (χ4v) is 4.26. The molecular weight excluding hydrogens is 384 g/mol. The number of aryl methyl sites for hydroxylation is 2. The van der Waals surface area contributed by atoms with E-state index in [-0.39, 0.29) is 17.0 Å². The van der Waals surface area contributed by atoms with Crippen molar-refractivity contribution < 1.29 is 14.3 Å². The Kier molecular flexibility index (Phi) is 6.75. The lowest BCUT2D eigenvalue weighted by atomic mass is 10.1. The first-order chi connectivity index (χ1) is 14.0. The van der Waals surface area contributed by atoms with Gasteiger partial charge in [-0.2, -0.15) is 0 Å². The molecule has 5 nitrogen and oxygen atoms in total. The SMILES string of the molecule is CCOC(=O)c1ccc2c(c1)nc(S[C@H](C)C(=O)c1ccc(CC)cc1)n2CC. The van der Waals surface area contributed by atoms with Gasteiger partial charge in [0.05, 0.1) is 28.5 Å². The Morgan fingerprint density at radius 3 is 2.38 bits per heavy atom. The minimum absolute atomic E-state index is 0.0829. The Morgan fingerprint density at radius 1 is 1.07 bits per heavy atom. The standard InChI is InChI=1S/C23H26N2O3S/c1-5-16-8-10-17(11-9-16)21(26)15(4)29-23-24-19-14-18(22(27)28-7-3)12-13-20(19)25(23)6-2/h8-15H,5-7H2,1-4H3/t15-/m1/s1. The predicted octanol–water partition coefficient (Wildman–Crippen LogP) is 5.16. The van der Waals surface area contributed by atoms with Crippen molar-refractivity contribution in [3.63, 3.8) is 0 Å². The van der Waals surface area contributed by atoms with E-state index in [1.807, 2.05) is 44.2 Å². The lowest BCUT2D eigenvalue weighted by molar-refractivity contribution is 0.0526. The summed E-state index contributed by atoms with van der Waals surface area (Å²) in [4.78, 5) is 29.6.